The van der Waals surface area contributed by atoms with Gasteiger partial charge < -0.3 is 9.88 Å². The van der Waals surface area contributed by atoms with E-state index in [0.29, 0.717) is 22.7 Å². The summed E-state index contributed by atoms with van der Waals surface area (Å²) in [5.41, 5.74) is 0.979. The molecule has 0 aliphatic heterocycles. The number of halogens is 1. The van der Waals surface area contributed by atoms with Gasteiger partial charge in [0.15, 0.2) is 11.0 Å². The molecule has 0 bridgehead atoms. The fourth-order valence-corrected chi connectivity index (χ4v) is 4.44. The van der Waals surface area contributed by atoms with Gasteiger partial charge in [-0.2, -0.15) is 0 Å². The van der Waals surface area contributed by atoms with Crippen molar-refractivity contribution in [3.05, 3.63) is 29.3 Å². The molecule has 3 rings (SSSR count). The zero-order valence-corrected chi connectivity index (χ0v) is 17.5. The molecular formula is C20H27ClN4OS. The molecule has 1 fully saturated rings. The fourth-order valence-electron chi connectivity index (χ4n) is 3.54. The summed E-state index contributed by atoms with van der Waals surface area (Å²) in [6.07, 6.45) is 5.74. The van der Waals surface area contributed by atoms with Crippen LogP contribution in [-0.2, 0) is 11.3 Å². The van der Waals surface area contributed by atoms with Gasteiger partial charge in [0.1, 0.15) is 0 Å². The van der Waals surface area contributed by atoms with Crippen molar-refractivity contribution in [3.8, 4) is 11.4 Å². The van der Waals surface area contributed by atoms with Gasteiger partial charge in [0.05, 0.1) is 5.75 Å². The lowest BCUT2D eigenvalue weighted by Crippen LogP contribution is -2.41. The Morgan fingerprint density at radius 1 is 1.26 bits per heavy atom. The Bertz CT molecular complexity index is 762. The van der Waals surface area contributed by atoms with Crippen molar-refractivity contribution in [1.29, 1.82) is 0 Å². The summed E-state index contributed by atoms with van der Waals surface area (Å²) in [5, 5.41) is 13.4. The largest absolute Gasteiger partial charge is 0.352 e. The van der Waals surface area contributed by atoms with Crippen LogP contribution in [0.2, 0.25) is 5.02 Å². The molecule has 1 heterocycles. The molecule has 0 spiro atoms. The summed E-state index contributed by atoms with van der Waals surface area (Å²) in [4.78, 5) is 12.4. The minimum absolute atomic E-state index is 0.0813. The number of thioether (sulfide) groups is 1. The smallest absolute Gasteiger partial charge is 0.230 e. The second-order valence-electron chi connectivity index (χ2n) is 7.19. The summed E-state index contributed by atoms with van der Waals surface area (Å²) in [6, 6.07) is 7.92. The zero-order chi connectivity index (χ0) is 19.2. The van der Waals surface area contributed by atoms with Crippen molar-refractivity contribution in [1.82, 2.24) is 20.1 Å². The highest BCUT2D eigenvalue weighted by Crippen LogP contribution is 2.26. The highest BCUT2D eigenvalue weighted by Gasteiger charge is 2.23. The molecule has 1 N–H and O–H groups in total. The molecule has 2 atom stereocenters. The lowest BCUT2D eigenvalue weighted by molar-refractivity contribution is -0.119. The van der Waals surface area contributed by atoms with Crippen molar-refractivity contribution in [2.45, 2.75) is 63.7 Å². The first-order chi connectivity index (χ1) is 13.1. The lowest BCUT2D eigenvalue weighted by Gasteiger charge is -2.29. The van der Waals surface area contributed by atoms with E-state index in [1.54, 1.807) is 0 Å². The van der Waals surface area contributed by atoms with Gasteiger partial charge in [0.2, 0.25) is 5.91 Å². The molecule has 1 aromatic heterocycles. The van der Waals surface area contributed by atoms with E-state index in [-0.39, 0.29) is 5.91 Å². The number of hydrogen-bond donors (Lipinski definition) is 1. The van der Waals surface area contributed by atoms with Crippen molar-refractivity contribution >= 4 is 29.3 Å². The summed E-state index contributed by atoms with van der Waals surface area (Å²) < 4.78 is 2.09. The van der Waals surface area contributed by atoms with Crippen LogP contribution in [0.15, 0.2) is 29.4 Å². The van der Waals surface area contributed by atoms with Gasteiger partial charge in [-0.15, -0.1) is 10.2 Å². The number of amides is 1. The van der Waals surface area contributed by atoms with Crippen molar-refractivity contribution in [3.63, 3.8) is 0 Å². The molecule has 5 nitrogen and oxygen atoms in total. The van der Waals surface area contributed by atoms with E-state index in [0.717, 1.165) is 35.9 Å². The number of aromatic nitrogens is 3. The van der Waals surface area contributed by atoms with E-state index in [1.165, 1.54) is 31.0 Å². The molecule has 1 saturated carbocycles. The monoisotopic (exact) mass is 406 g/mol. The third kappa shape index (κ3) is 5.26. The Kier molecular flexibility index (Phi) is 7.19. The molecule has 1 aromatic carbocycles. The molecule has 0 saturated heterocycles. The highest BCUT2D eigenvalue weighted by molar-refractivity contribution is 7.99. The van der Waals surface area contributed by atoms with Crippen LogP contribution in [0.4, 0.5) is 0 Å². The molecular weight excluding hydrogens is 380 g/mol. The average molecular weight is 407 g/mol. The third-order valence-electron chi connectivity index (χ3n) is 5.06. The van der Waals surface area contributed by atoms with Crippen LogP contribution >= 0.6 is 23.4 Å². The topological polar surface area (TPSA) is 59.8 Å². The molecule has 1 aliphatic carbocycles. The minimum Gasteiger partial charge on any atom is -0.352 e. The van der Waals surface area contributed by atoms with E-state index in [2.05, 4.69) is 33.9 Å². The maximum Gasteiger partial charge on any atom is 0.230 e. The van der Waals surface area contributed by atoms with E-state index in [4.69, 9.17) is 11.6 Å². The standard InChI is InChI=1S/C20H27ClN4OS/c1-3-12-25-19(15-8-10-16(21)11-9-15)23-24-20(25)27-13-18(26)22-17-7-5-4-6-14(17)2/h8-11,14,17H,3-7,12-13H2,1-2H3,(H,22,26)/t14-,17+/m0/s1. The first kappa shape index (κ1) is 20.2. The number of nitrogens with zero attached hydrogens (tertiary/aromatic N) is 3. The van der Waals surface area contributed by atoms with Crippen LogP contribution in [0, 0.1) is 5.92 Å². The SMILES string of the molecule is CCCn1c(SCC(=O)N[C@@H]2CCCC[C@@H]2C)nnc1-c1ccc(Cl)cc1. The highest BCUT2D eigenvalue weighted by atomic mass is 35.5. The normalized spacial score (nSPS) is 19.8. The number of nitrogens with one attached hydrogen (secondary N) is 1. The second-order valence-corrected chi connectivity index (χ2v) is 8.57. The van der Waals surface area contributed by atoms with E-state index >= 15 is 0 Å². The molecule has 7 heteroatoms. The van der Waals surface area contributed by atoms with E-state index in [9.17, 15) is 4.79 Å². The van der Waals surface area contributed by atoms with Gasteiger partial charge >= 0.3 is 0 Å². The molecule has 0 unspecified atom stereocenters. The number of carbonyl (C=O) groups excluding carboxylic acids is 1. The number of carbonyl (C=O) groups is 1. The Morgan fingerprint density at radius 2 is 2.00 bits per heavy atom. The Labute approximate surface area is 170 Å². The molecule has 1 aliphatic rings. The quantitative estimate of drug-likeness (QED) is 0.671. The minimum atomic E-state index is 0.0813. The predicted molar refractivity (Wildman–Crippen MR) is 111 cm³/mol. The number of rotatable bonds is 7. The van der Waals surface area contributed by atoms with Crippen LogP contribution in [0.5, 0.6) is 0 Å². The number of hydrogen-bond acceptors (Lipinski definition) is 4. The third-order valence-corrected chi connectivity index (χ3v) is 6.28. The van der Waals surface area contributed by atoms with Gasteiger partial charge in [-0.3, -0.25) is 4.79 Å². The summed E-state index contributed by atoms with van der Waals surface area (Å²) in [5.74, 6) is 1.83. The second kappa shape index (κ2) is 9.60. The fraction of sp³-hybridized carbons (Fsp3) is 0.550. The average Bonchev–Trinajstić information content (AvgIpc) is 3.06. The van der Waals surface area contributed by atoms with Crippen LogP contribution < -0.4 is 5.32 Å². The zero-order valence-electron chi connectivity index (χ0n) is 15.9. The summed E-state index contributed by atoms with van der Waals surface area (Å²) >= 11 is 7.44. The van der Waals surface area contributed by atoms with Crippen LogP contribution in [0.25, 0.3) is 11.4 Å². The Morgan fingerprint density at radius 3 is 2.70 bits per heavy atom. The molecule has 27 heavy (non-hydrogen) atoms. The lowest BCUT2D eigenvalue weighted by atomic mass is 9.86. The van der Waals surface area contributed by atoms with Crippen molar-refractivity contribution < 1.29 is 4.79 Å². The van der Waals surface area contributed by atoms with Crippen LogP contribution in [0.1, 0.15) is 46.0 Å². The number of benzene rings is 1. The maximum absolute atomic E-state index is 12.4. The summed E-state index contributed by atoms with van der Waals surface area (Å²) in [6.45, 7) is 5.17. The first-order valence-electron chi connectivity index (χ1n) is 9.69. The predicted octanol–water partition coefficient (Wildman–Crippen LogP) is 4.80. The van der Waals surface area contributed by atoms with Gasteiger partial charge in [0.25, 0.3) is 0 Å². The maximum atomic E-state index is 12.4. The van der Waals surface area contributed by atoms with Gasteiger partial charge in [0, 0.05) is 23.2 Å². The van der Waals surface area contributed by atoms with Crippen LogP contribution in [0.3, 0.4) is 0 Å². The van der Waals surface area contributed by atoms with E-state index < -0.39 is 0 Å². The Hall–Kier alpha value is -1.53. The van der Waals surface area contributed by atoms with Crippen LogP contribution in [-0.4, -0.2) is 32.5 Å². The first-order valence-corrected chi connectivity index (χ1v) is 11.1. The van der Waals surface area contributed by atoms with Crippen molar-refractivity contribution in [2.24, 2.45) is 5.92 Å². The molecule has 1 amide bonds. The molecule has 0 radical (unpaired) electrons. The van der Waals surface area contributed by atoms with Crippen molar-refractivity contribution in [2.75, 3.05) is 5.75 Å². The van der Waals surface area contributed by atoms with E-state index in [1.807, 2.05) is 24.3 Å². The molecule has 146 valence electrons. The molecule has 2 aromatic rings. The Balaban J connectivity index is 1.65. The van der Waals surface area contributed by atoms with Gasteiger partial charge in [-0.25, -0.2) is 0 Å². The summed E-state index contributed by atoms with van der Waals surface area (Å²) in [7, 11) is 0. The van der Waals surface area contributed by atoms with Gasteiger partial charge in [-0.1, -0.05) is 50.1 Å². The van der Waals surface area contributed by atoms with Gasteiger partial charge in [-0.05, 0) is 49.4 Å².